The van der Waals surface area contributed by atoms with Crippen molar-refractivity contribution in [2.45, 2.75) is 37.5 Å². The number of amides is 1. The minimum atomic E-state index is -0.410. The molecule has 2 heterocycles. The lowest BCUT2D eigenvalue weighted by Gasteiger charge is -2.39. The monoisotopic (exact) mass is 278 g/mol. The van der Waals surface area contributed by atoms with Crippen molar-refractivity contribution in [2.24, 2.45) is 10.7 Å². The molecule has 0 bridgehead atoms. The fourth-order valence-corrected chi connectivity index (χ4v) is 3.67. The first kappa shape index (κ1) is 13.9. The van der Waals surface area contributed by atoms with Crippen LogP contribution in [0.5, 0.6) is 0 Å². The normalized spacial score (nSPS) is 25.5. The lowest BCUT2D eigenvalue weighted by atomic mass is 9.84. The summed E-state index contributed by atoms with van der Waals surface area (Å²) in [5, 5.41) is 3.20. The summed E-state index contributed by atoms with van der Waals surface area (Å²) in [6.07, 6.45) is 4.88. The van der Waals surface area contributed by atoms with E-state index in [2.05, 4.69) is 29.1 Å². The minimum Gasteiger partial charge on any atom is -0.378 e. The minimum absolute atomic E-state index is 0.0225. The van der Waals surface area contributed by atoms with Crippen LogP contribution in [0, 0.1) is 0 Å². The highest BCUT2D eigenvalue weighted by Crippen LogP contribution is 2.44. The number of rotatable bonds is 3. The Kier molecular flexibility index (Phi) is 3.54. The van der Waals surface area contributed by atoms with Crippen LogP contribution < -0.4 is 11.1 Å². The van der Waals surface area contributed by atoms with Gasteiger partial charge in [0.25, 0.3) is 0 Å². The molecule has 2 rings (SSSR count). The first-order chi connectivity index (χ1) is 8.85. The molecule has 0 fully saturated rings. The second kappa shape index (κ2) is 4.85. The van der Waals surface area contributed by atoms with Gasteiger partial charge in [-0.15, -0.1) is 0 Å². The van der Waals surface area contributed by atoms with Crippen LogP contribution >= 0.6 is 11.8 Å². The lowest BCUT2D eigenvalue weighted by molar-refractivity contribution is -0.105. The van der Waals surface area contributed by atoms with Crippen molar-refractivity contribution in [3.63, 3.8) is 0 Å². The molecule has 1 amide bonds. The molecule has 0 saturated heterocycles. The molecule has 1 aromatic rings. The number of thioether (sulfide) groups is 1. The fraction of sp³-hybridized carbons (Fsp3) is 0.462. The van der Waals surface area contributed by atoms with Crippen LogP contribution in [0.3, 0.4) is 0 Å². The fourth-order valence-electron chi connectivity index (χ4n) is 2.50. The molecular weight excluding hydrogens is 260 g/mol. The topological polar surface area (TPSA) is 80.4 Å². The Morgan fingerprint density at radius 3 is 2.79 bits per heavy atom. The maximum Gasteiger partial charge on any atom is 0.211 e. The first-order valence-electron chi connectivity index (χ1n) is 6.05. The molecule has 102 valence electrons. The highest BCUT2D eigenvalue weighted by molar-refractivity contribution is 8.15. The number of hydrogen-bond donors (Lipinski definition) is 2. The highest BCUT2D eigenvalue weighted by Gasteiger charge is 2.39. The average Bonchev–Trinajstić information content (AvgIpc) is 2.26. The molecule has 1 aliphatic rings. The van der Waals surface area contributed by atoms with Crippen LogP contribution in [0.15, 0.2) is 23.5 Å². The Labute approximate surface area is 117 Å². The second-order valence-corrected chi connectivity index (χ2v) is 7.21. The van der Waals surface area contributed by atoms with Crippen LogP contribution in [-0.4, -0.2) is 21.3 Å². The largest absolute Gasteiger partial charge is 0.378 e. The molecule has 1 aromatic heterocycles. The van der Waals surface area contributed by atoms with Gasteiger partial charge in [-0.3, -0.25) is 14.8 Å². The van der Waals surface area contributed by atoms with E-state index in [0.717, 1.165) is 12.0 Å². The van der Waals surface area contributed by atoms with Gasteiger partial charge in [0, 0.05) is 10.9 Å². The second-order valence-electron chi connectivity index (χ2n) is 5.49. The number of carbonyl (C=O) groups is 1. The van der Waals surface area contributed by atoms with Gasteiger partial charge in [0.15, 0.2) is 5.17 Å². The molecular formula is C13H18N4OS. The van der Waals surface area contributed by atoms with Crippen LogP contribution in [0.1, 0.15) is 32.8 Å². The van der Waals surface area contributed by atoms with Crippen LogP contribution in [-0.2, 0) is 10.3 Å². The molecule has 5 nitrogen and oxygen atoms in total. The number of nitrogens with one attached hydrogen (secondary N) is 1. The van der Waals surface area contributed by atoms with Gasteiger partial charge >= 0.3 is 0 Å². The molecule has 3 N–H and O–H groups in total. The Morgan fingerprint density at radius 1 is 1.42 bits per heavy atom. The molecule has 1 atom stereocenters. The van der Waals surface area contributed by atoms with E-state index < -0.39 is 5.54 Å². The summed E-state index contributed by atoms with van der Waals surface area (Å²) in [4.78, 5) is 19.2. The van der Waals surface area contributed by atoms with Crippen molar-refractivity contribution in [3.8, 4) is 0 Å². The molecule has 0 aromatic carbocycles. The number of aromatic nitrogens is 1. The zero-order valence-electron chi connectivity index (χ0n) is 11.3. The summed E-state index contributed by atoms with van der Waals surface area (Å²) in [6, 6.07) is 1.89. The van der Waals surface area contributed by atoms with E-state index in [1.54, 1.807) is 24.2 Å². The van der Waals surface area contributed by atoms with Crippen LogP contribution in [0.2, 0.25) is 0 Å². The van der Waals surface area contributed by atoms with Gasteiger partial charge in [-0.1, -0.05) is 25.6 Å². The average molecular weight is 278 g/mol. The van der Waals surface area contributed by atoms with Gasteiger partial charge in [0.2, 0.25) is 6.41 Å². The predicted octanol–water partition coefficient (Wildman–Crippen LogP) is 2.10. The molecule has 0 radical (unpaired) electrons. The van der Waals surface area contributed by atoms with Crippen LogP contribution in [0.4, 0.5) is 5.69 Å². The Hall–Kier alpha value is -1.56. The van der Waals surface area contributed by atoms with Gasteiger partial charge in [-0.05, 0) is 25.0 Å². The number of aliphatic imine (C=N–C) groups is 1. The summed E-state index contributed by atoms with van der Waals surface area (Å²) < 4.78 is 0.0225. The molecule has 0 aliphatic carbocycles. The molecule has 19 heavy (non-hydrogen) atoms. The number of carbonyl (C=O) groups excluding carboxylic acids is 1. The van der Waals surface area contributed by atoms with E-state index in [1.165, 1.54) is 0 Å². The standard InChI is InChI=1S/C13H18N4OS/c1-12(2)7-13(3,17-11(14)19-12)9-4-10(16-8-18)6-15-5-9/h4-6,8H,7H2,1-3H3,(H2,14,17)(H,16,18). The summed E-state index contributed by atoms with van der Waals surface area (Å²) in [6.45, 7) is 6.35. The van der Waals surface area contributed by atoms with Crippen molar-refractivity contribution in [3.05, 3.63) is 24.0 Å². The van der Waals surface area contributed by atoms with Crippen molar-refractivity contribution >= 4 is 29.0 Å². The number of amidine groups is 1. The van der Waals surface area contributed by atoms with Gasteiger partial charge in [-0.25, -0.2) is 0 Å². The van der Waals surface area contributed by atoms with E-state index in [0.29, 0.717) is 17.3 Å². The Balaban J connectivity index is 2.41. The predicted molar refractivity (Wildman–Crippen MR) is 79.2 cm³/mol. The zero-order valence-corrected chi connectivity index (χ0v) is 12.1. The number of nitrogens with two attached hydrogens (primary N) is 1. The van der Waals surface area contributed by atoms with Gasteiger partial charge in [0.1, 0.15) is 0 Å². The van der Waals surface area contributed by atoms with Crippen molar-refractivity contribution in [1.29, 1.82) is 0 Å². The van der Waals surface area contributed by atoms with Crippen LogP contribution in [0.25, 0.3) is 0 Å². The quantitative estimate of drug-likeness (QED) is 0.830. The van der Waals surface area contributed by atoms with E-state index in [9.17, 15) is 4.79 Å². The lowest BCUT2D eigenvalue weighted by Crippen LogP contribution is -2.38. The zero-order chi connectivity index (χ0) is 14.1. The van der Waals surface area contributed by atoms with E-state index >= 15 is 0 Å². The van der Waals surface area contributed by atoms with E-state index in [-0.39, 0.29) is 4.75 Å². The smallest absolute Gasteiger partial charge is 0.211 e. The summed E-state index contributed by atoms with van der Waals surface area (Å²) in [5.74, 6) is 0. The summed E-state index contributed by atoms with van der Waals surface area (Å²) in [7, 11) is 0. The van der Waals surface area contributed by atoms with Crippen molar-refractivity contribution in [2.75, 3.05) is 5.32 Å². The summed E-state index contributed by atoms with van der Waals surface area (Å²) in [5.41, 5.74) is 7.15. The number of nitrogens with zero attached hydrogens (tertiary/aromatic N) is 2. The Morgan fingerprint density at radius 2 is 2.16 bits per heavy atom. The van der Waals surface area contributed by atoms with E-state index in [1.807, 2.05) is 13.0 Å². The molecule has 6 heteroatoms. The maximum absolute atomic E-state index is 10.5. The molecule has 1 aliphatic heterocycles. The van der Waals surface area contributed by atoms with Gasteiger partial charge in [-0.2, -0.15) is 0 Å². The molecule has 1 unspecified atom stereocenters. The maximum atomic E-state index is 10.5. The number of hydrogen-bond acceptors (Lipinski definition) is 5. The third-order valence-corrected chi connectivity index (χ3v) is 4.09. The SMILES string of the molecule is CC1(C)CC(C)(c2cncc(NC=O)c2)N=C(N)S1. The van der Waals surface area contributed by atoms with Crippen molar-refractivity contribution < 1.29 is 4.79 Å². The third-order valence-electron chi connectivity index (χ3n) is 3.09. The summed E-state index contributed by atoms with van der Waals surface area (Å²) >= 11 is 1.59. The van der Waals surface area contributed by atoms with Crippen molar-refractivity contribution in [1.82, 2.24) is 4.98 Å². The number of anilines is 1. The Bertz CT molecular complexity index is 529. The third kappa shape index (κ3) is 3.07. The molecule has 0 spiro atoms. The van der Waals surface area contributed by atoms with E-state index in [4.69, 9.17) is 5.73 Å². The highest BCUT2D eigenvalue weighted by atomic mass is 32.2. The van der Waals surface area contributed by atoms with Gasteiger partial charge < -0.3 is 11.1 Å². The first-order valence-corrected chi connectivity index (χ1v) is 6.86. The number of pyridine rings is 1. The molecule has 0 saturated carbocycles. The van der Waals surface area contributed by atoms with Gasteiger partial charge in [0.05, 0.1) is 17.4 Å².